The fraction of sp³-hybridized carbons (Fsp3) is 0.250. The average Bonchev–Trinajstić information content (AvgIpc) is 2.92. The summed E-state index contributed by atoms with van der Waals surface area (Å²) in [6, 6.07) is 5.06. The maximum atomic E-state index is 12.3. The van der Waals surface area contributed by atoms with E-state index in [0.29, 0.717) is 24.0 Å². The lowest BCUT2D eigenvalue weighted by Gasteiger charge is -2.09. The highest BCUT2D eigenvalue weighted by Crippen LogP contribution is 2.23. The molecule has 0 aliphatic carbocycles. The van der Waals surface area contributed by atoms with Gasteiger partial charge in [0.05, 0.1) is 9.90 Å². The van der Waals surface area contributed by atoms with Crippen molar-refractivity contribution in [2.24, 2.45) is 5.73 Å². The molecule has 5 nitrogen and oxygen atoms in total. The molecule has 3 N–H and O–H groups in total. The van der Waals surface area contributed by atoms with Crippen molar-refractivity contribution in [3.63, 3.8) is 0 Å². The molecule has 0 atom stereocenters. The molecule has 1 aromatic heterocycles. The van der Waals surface area contributed by atoms with Gasteiger partial charge in [-0.2, -0.15) is 0 Å². The van der Waals surface area contributed by atoms with E-state index in [0.717, 1.165) is 10.6 Å². The van der Waals surface area contributed by atoms with Gasteiger partial charge in [0.25, 0.3) is 0 Å². The molecular weight excluding hydrogens is 362 g/mol. The molecule has 1 aromatic carbocycles. The van der Waals surface area contributed by atoms with Crippen LogP contribution in [0.4, 0.5) is 0 Å². The first-order chi connectivity index (χ1) is 9.53. The predicted molar refractivity (Wildman–Crippen MR) is 83.0 cm³/mol. The molecule has 0 saturated carbocycles. The monoisotopic (exact) mass is 375 g/mol. The fourth-order valence-corrected chi connectivity index (χ4v) is 4.29. The summed E-state index contributed by atoms with van der Waals surface area (Å²) >= 11 is 4.76. The Morgan fingerprint density at radius 3 is 2.85 bits per heavy atom. The topological polar surface area (TPSA) is 85.1 Å². The van der Waals surface area contributed by atoms with Gasteiger partial charge in [-0.15, -0.1) is 11.3 Å². The van der Waals surface area contributed by atoms with Crippen molar-refractivity contribution < 1.29 is 8.42 Å². The molecule has 1 heterocycles. The Morgan fingerprint density at radius 1 is 1.40 bits per heavy atom. The smallest absolute Gasteiger partial charge is 0.241 e. The normalized spacial score (nSPS) is 11.7. The zero-order valence-corrected chi connectivity index (χ0v) is 13.8. The number of nitrogens with two attached hydrogens (primary N) is 1. The Labute approximate surface area is 130 Å². The van der Waals surface area contributed by atoms with Crippen LogP contribution in [0.15, 0.2) is 39.1 Å². The maximum Gasteiger partial charge on any atom is 0.241 e. The van der Waals surface area contributed by atoms with Crippen LogP contribution in [-0.4, -0.2) is 19.9 Å². The molecule has 2 aromatic rings. The van der Waals surface area contributed by atoms with Crippen LogP contribution in [0.25, 0.3) is 0 Å². The van der Waals surface area contributed by atoms with E-state index in [-0.39, 0.29) is 4.90 Å². The van der Waals surface area contributed by atoms with Crippen molar-refractivity contribution in [2.75, 3.05) is 6.54 Å². The van der Waals surface area contributed by atoms with Gasteiger partial charge >= 0.3 is 0 Å². The number of hydrogen-bond donors (Lipinski definition) is 2. The maximum absolute atomic E-state index is 12.3. The molecule has 0 fully saturated rings. The lowest BCUT2D eigenvalue weighted by Crippen LogP contribution is -2.26. The number of rotatable bonds is 6. The van der Waals surface area contributed by atoms with Crippen LogP contribution in [0, 0.1) is 0 Å². The van der Waals surface area contributed by atoms with Gasteiger partial charge < -0.3 is 5.73 Å². The van der Waals surface area contributed by atoms with Gasteiger partial charge in [0.2, 0.25) is 10.0 Å². The van der Waals surface area contributed by atoms with E-state index in [1.165, 1.54) is 11.3 Å². The number of nitrogens with zero attached hydrogens (tertiary/aromatic N) is 1. The Kier molecular flexibility index (Phi) is 5.28. The Morgan fingerprint density at radius 2 is 2.20 bits per heavy atom. The SMILES string of the molecule is NCc1ccc(Br)c(S(=O)(=O)NCCc2nccs2)c1. The molecular formula is C12H14BrN3O2S2. The summed E-state index contributed by atoms with van der Waals surface area (Å²) in [6.45, 7) is 0.615. The van der Waals surface area contributed by atoms with Crippen LogP contribution in [0.1, 0.15) is 10.6 Å². The fourth-order valence-electron chi connectivity index (χ4n) is 1.63. The number of hydrogen-bond acceptors (Lipinski definition) is 5. The van der Waals surface area contributed by atoms with Crippen LogP contribution >= 0.6 is 27.3 Å². The molecule has 0 unspecified atom stereocenters. The van der Waals surface area contributed by atoms with Gasteiger partial charge in [0, 0.05) is 35.6 Å². The standard InChI is InChI=1S/C12H14BrN3O2S2/c13-10-2-1-9(8-14)7-11(10)20(17,18)16-4-3-12-15-5-6-19-12/h1-2,5-7,16H,3-4,8,14H2. The number of nitrogens with one attached hydrogen (secondary N) is 1. The van der Waals surface area contributed by atoms with Crippen LogP contribution in [0.2, 0.25) is 0 Å². The molecule has 0 amide bonds. The van der Waals surface area contributed by atoms with Gasteiger partial charge in [-0.25, -0.2) is 18.1 Å². The molecule has 0 spiro atoms. The highest BCUT2D eigenvalue weighted by atomic mass is 79.9. The molecule has 108 valence electrons. The van der Waals surface area contributed by atoms with Crippen molar-refractivity contribution in [3.8, 4) is 0 Å². The molecule has 0 radical (unpaired) electrons. The molecule has 20 heavy (non-hydrogen) atoms. The summed E-state index contributed by atoms with van der Waals surface area (Å²) in [5.41, 5.74) is 6.31. The second-order valence-corrected chi connectivity index (χ2v) is 7.61. The van der Waals surface area contributed by atoms with E-state index in [2.05, 4.69) is 25.6 Å². The predicted octanol–water partition coefficient (Wildman–Crippen LogP) is 1.89. The van der Waals surface area contributed by atoms with E-state index < -0.39 is 10.0 Å². The Balaban J connectivity index is 2.09. The number of aromatic nitrogens is 1. The number of halogens is 1. The Hall–Kier alpha value is -0.800. The highest BCUT2D eigenvalue weighted by molar-refractivity contribution is 9.10. The summed E-state index contributed by atoms with van der Waals surface area (Å²) in [5, 5.41) is 2.77. The van der Waals surface area contributed by atoms with Crippen molar-refractivity contribution in [3.05, 3.63) is 44.8 Å². The number of sulfonamides is 1. The minimum absolute atomic E-state index is 0.208. The third-order valence-corrected chi connectivity index (χ3v) is 5.93. The van der Waals surface area contributed by atoms with Gasteiger partial charge in [-0.05, 0) is 33.6 Å². The lowest BCUT2D eigenvalue weighted by molar-refractivity contribution is 0.581. The highest BCUT2D eigenvalue weighted by Gasteiger charge is 2.17. The quantitative estimate of drug-likeness (QED) is 0.806. The first kappa shape index (κ1) is 15.6. The zero-order chi connectivity index (χ0) is 14.6. The molecule has 0 bridgehead atoms. The van der Waals surface area contributed by atoms with Crippen LogP contribution in [0.5, 0.6) is 0 Å². The second-order valence-electron chi connectivity index (χ2n) is 4.04. The van der Waals surface area contributed by atoms with Gasteiger partial charge in [-0.1, -0.05) is 6.07 Å². The van der Waals surface area contributed by atoms with Gasteiger partial charge in [-0.3, -0.25) is 0 Å². The van der Waals surface area contributed by atoms with Crippen molar-refractivity contribution >= 4 is 37.3 Å². The van der Waals surface area contributed by atoms with Crippen LogP contribution in [0.3, 0.4) is 0 Å². The third-order valence-electron chi connectivity index (χ3n) is 2.64. The summed E-state index contributed by atoms with van der Waals surface area (Å²) in [4.78, 5) is 4.32. The number of benzene rings is 1. The summed E-state index contributed by atoms with van der Waals surface area (Å²) in [7, 11) is -3.55. The van der Waals surface area contributed by atoms with Crippen molar-refractivity contribution in [1.82, 2.24) is 9.71 Å². The largest absolute Gasteiger partial charge is 0.326 e. The lowest BCUT2D eigenvalue weighted by atomic mass is 10.2. The van der Waals surface area contributed by atoms with Crippen LogP contribution < -0.4 is 10.5 Å². The van der Waals surface area contributed by atoms with E-state index >= 15 is 0 Å². The van der Waals surface area contributed by atoms with Gasteiger partial charge in [0.15, 0.2) is 0 Å². The van der Waals surface area contributed by atoms with Crippen LogP contribution in [-0.2, 0) is 23.0 Å². The summed E-state index contributed by atoms with van der Waals surface area (Å²) in [5.74, 6) is 0. The first-order valence-corrected chi connectivity index (χ1v) is 9.05. The second kappa shape index (κ2) is 6.77. The summed E-state index contributed by atoms with van der Waals surface area (Å²) in [6.07, 6.45) is 2.28. The third kappa shape index (κ3) is 3.86. The van der Waals surface area contributed by atoms with E-state index in [1.807, 2.05) is 5.38 Å². The molecule has 2 rings (SSSR count). The Bertz CT molecular complexity index is 672. The molecule has 8 heteroatoms. The minimum Gasteiger partial charge on any atom is -0.326 e. The van der Waals surface area contributed by atoms with Crippen molar-refractivity contribution in [1.29, 1.82) is 0 Å². The van der Waals surface area contributed by atoms with E-state index in [4.69, 9.17) is 5.73 Å². The van der Waals surface area contributed by atoms with Crippen molar-refractivity contribution in [2.45, 2.75) is 17.9 Å². The molecule has 0 aliphatic rings. The van der Waals surface area contributed by atoms with E-state index in [9.17, 15) is 8.42 Å². The molecule has 0 saturated heterocycles. The summed E-state index contributed by atoms with van der Waals surface area (Å²) < 4.78 is 27.6. The van der Waals surface area contributed by atoms with E-state index in [1.54, 1.807) is 24.4 Å². The number of thiazole rings is 1. The zero-order valence-electron chi connectivity index (χ0n) is 10.5. The minimum atomic E-state index is -3.55. The average molecular weight is 376 g/mol. The molecule has 0 aliphatic heterocycles. The first-order valence-electron chi connectivity index (χ1n) is 5.89. The van der Waals surface area contributed by atoms with Gasteiger partial charge in [0.1, 0.15) is 0 Å².